The minimum atomic E-state index is -0.0848. The van der Waals surface area contributed by atoms with Crippen molar-refractivity contribution in [2.45, 2.75) is 19.3 Å². The van der Waals surface area contributed by atoms with Gasteiger partial charge >= 0.3 is 0 Å². The van der Waals surface area contributed by atoms with E-state index in [2.05, 4.69) is 228 Å². The van der Waals surface area contributed by atoms with Crippen LogP contribution in [0.5, 0.6) is 0 Å². The fourth-order valence-electron chi connectivity index (χ4n) is 11.2. The van der Waals surface area contributed by atoms with Gasteiger partial charge in [-0.2, -0.15) is 0 Å². The SMILES string of the molecule is CC1(C)c2ccccc2-c2ccc(-c3ccc4c(c3)c3c5sc6cc7c(cc6c5ccc3n4-c3cc(-c4ccccc4)cc(-c4ccccc4)c3)c3cnccc3n7-c3ccccc3)cc21. The maximum absolute atomic E-state index is 4.61. The van der Waals surface area contributed by atoms with Gasteiger partial charge in [-0.1, -0.05) is 141 Å². The summed E-state index contributed by atoms with van der Waals surface area (Å²) in [7, 11) is 0. The highest BCUT2D eigenvalue weighted by atomic mass is 32.1. The monoisotopic (exact) mass is 859 g/mol. The maximum atomic E-state index is 4.61. The molecule has 14 rings (SSSR count). The molecule has 0 N–H and O–H groups in total. The Bertz CT molecular complexity index is 4060. The Kier molecular flexibility index (Phi) is 7.91. The standard InChI is InChI=1S/C62H41N3S/c1-62(2)53-21-13-12-20-46(53)47-24-22-41(34-54(47)62)40-23-26-55-51(33-40)60-57(65(55)45-31-42(38-14-6-3-7-15-38)30-43(32-45)39-16-8-4-9-17-39)27-25-48-50-35-49-52-37-63-29-28-56(52)64(44-18-10-5-11-19-44)58(49)36-59(50)66-61(48)60/h3-37H,1-2H3. The molecule has 4 heterocycles. The second-order valence-corrected chi connectivity index (χ2v) is 19.4. The summed E-state index contributed by atoms with van der Waals surface area (Å²) >= 11 is 1.91. The summed E-state index contributed by atoms with van der Waals surface area (Å²) in [5.41, 5.74) is 19.7. The van der Waals surface area contributed by atoms with Gasteiger partial charge in [0.2, 0.25) is 0 Å². The lowest BCUT2D eigenvalue weighted by Crippen LogP contribution is -2.14. The van der Waals surface area contributed by atoms with Gasteiger partial charge in [0, 0.05) is 70.9 Å². The predicted molar refractivity (Wildman–Crippen MR) is 280 cm³/mol. The Labute approximate surface area is 386 Å². The summed E-state index contributed by atoms with van der Waals surface area (Å²) in [5, 5.41) is 7.46. The van der Waals surface area contributed by atoms with Crippen molar-refractivity contribution in [2.24, 2.45) is 0 Å². The molecular formula is C62H41N3S. The fraction of sp³-hybridized carbons (Fsp3) is 0.0484. The van der Waals surface area contributed by atoms with Crippen LogP contribution in [0.1, 0.15) is 25.0 Å². The molecule has 0 spiro atoms. The number of thiophene rings is 1. The molecule has 0 saturated heterocycles. The van der Waals surface area contributed by atoms with Crippen LogP contribution in [0.2, 0.25) is 0 Å². The third kappa shape index (κ3) is 5.40. The van der Waals surface area contributed by atoms with Crippen LogP contribution >= 0.6 is 11.3 Å². The number of pyridine rings is 1. The van der Waals surface area contributed by atoms with E-state index in [-0.39, 0.29) is 5.41 Å². The second-order valence-electron chi connectivity index (χ2n) is 18.4. The van der Waals surface area contributed by atoms with Gasteiger partial charge in [-0.05, 0) is 128 Å². The normalized spacial score (nSPS) is 13.1. The summed E-state index contributed by atoms with van der Waals surface area (Å²) in [6.45, 7) is 4.74. The molecular weight excluding hydrogens is 819 g/mol. The summed E-state index contributed by atoms with van der Waals surface area (Å²) < 4.78 is 7.48. The van der Waals surface area contributed by atoms with E-state index in [0.717, 1.165) is 22.3 Å². The number of hydrogen-bond acceptors (Lipinski definition) is 2. The van der Waals surface area contributed by atoms with Crippen LogP contribution in [0.4, 0.5) is 0 Å². The van der Waals surface area contributed by atoms with Crippen LogP contribution in [-0.4, -0.2) is 14.1 Å². The average molecular weight is 860 g/mol. The van der Waals surface area contributed by atoms with E-state index in [9.17, 15) is 0 Å². The van der Waals surface area contributed by atoms with Gasteiger partial charge in [0.15, 0.2) is 0 Å². The van der Waals surface area contributed by atoms with Crippen LogP contribution in [0.3, 0.4) is 0 Å². The molecule has 310 valence electrons. The number of benzene rings is 9. The molecule has 4 heteroatoms. The lowest BCUT2D eigenvalue weighted by Gasteiger charge is -2.22. The maximum Gasteiger partial charge on any atom is 0.0571 e. The van der Waals surface area contributed by atoms with Crippen LogP contribution in [0, 0.1) is 0 Å². The Balaban J connectivity index is 1.06. The molecule has 0 atom stereocenters. The molecule has 0 amide bonds. The first-order chi connectivity index (χ1) is 32.5. The number of rotatable bonds is 5. The zero-order chi connectivity index (χ0) is 43.7. The van der Waals surface area contributed by atoms with Gasteiger partial charge < -0.3 is 9.13 Å². The zero-order valence-corrected chi connectivity index (χ0v) is 37.3. The Hall–Kier alpha value is -8.05. The van der Waals surface area contributed by atoms with E-state index in [1.807, 2.05) is 23.7 Å². The highest BCUT2D eigenvalue weighted by Gasteiger charge is 2.35. The summed E-state index contributed by atoms with van der Waals surface area (Å²) in [6, 6.07) is 74.3. The lowest BCUT2D eigenvalue weighted by molar-refractivity contribution is 0.660. The number of para-hydroxylation sites is 1. The van der Waals surface area contributed by atoms with Crippen molar-refractivity contribution < 1.29 is 0 Å². The molecule has 13 aromatic rings. The number of aromatic nitrogens is 3. The molecule has 66 heavy (non-hydrogen) atoms. The topological polar surface area (TPSA) is 22.8 Å². The first kappa shape index (κ1) is 37.3. The van der Waals surface area contributed by atoms with Gasteiger partial charge in [0.1, 0.15) is 0 Å². The van der Waals surface area contributed by atoms with E-state index >= 15 is 0 Å². The molecule has 0 unspecified atom stereocenters. The molecule has 0 fully saturated rings. The number of hydrogen-bond donors (Lipinski definition) is 0. The van der Waals surface area contributed by atoms with Crippen molar-refractivity contribution in [2.75, 3.05) is 0 Å². The quantitative estimate of drug-likeness (QED) is 0.169. The van der Waals surface area contributed by atoms with Crippen molar-refractivity contribution in [3.8, 4) is 55.9 Å². The first-order valence-electron chi connectivity index (χ1n) is 22.8. The Morgan fingerprint density at radius 2 is 1.03 bits per heavy atom. The molecule has 1 aliphatic rings. The van der Waals surface area contributed by atoms with Crippen molar-refractivity contribution in [3.05, 3.63) is 224 Å². The molecule has 0 bridgehead atoms. The highest BCUT2D eigenvalue weighted by Crippen LogP contribution is 2.51. The lowest BCUT2D eigenvalue weighted by atomic mass is 9.81. The molecule has 0 aliphatic heterocycles. The van der Waals surface area contributed by atoms with Crippen LogP contribution < -0.4 is 0 Å². The van der Waals surface area contributed by atoms with Crippen molar-refractivity contribution in [1.82, 2.24) is 14.1 Å². The highest BCUT2D eigenvalue weighted by molar-refractivity contribution is 7.26. The van der Waals surface area contributed by atoms with Crippen molar-refractivity contribution in [3.63, 3.8) is 0 Å². The number of nitrogens with zero attached hydrogens (tertiary/aromatic N) is 3. The average Bonchev–Trinajstić information content (AvgIpc) is 4.08. The largest absolute Gasteiger partial charge is 0.309 e. The van der Waals surface area contributed by atoms with Gasteiger partial charge in [0.05, 0.1) is 22.1 Å². The Morgan fingerprint density at radius 1 is 0.394 bits per heavy atom. The van der Waals surface area contributed by atoms with E-state index in [4.69, 9.17) is 0 Å². The Morgan fingerprint density at radius 3 is 1.80 bits per heavy atom. The van der Waals surface area contributed by atoms with E-state index < -0.39 is 0 Å². The molecule has 1 aliphatic carbocycles. The molecule has 9 aromatic carbocycles. The van der Waals surface area contributed by atoms with Crippen LogP contribution in [0.25, 0.3) is 120 Å². The summed E-state index contributed by atoms with van der Waals surface area (Å²) in [4.78, 5) is 4.61. The van der Waals surface area contributed by atoms with Crippen molar-refractivity contribution in [1.29, 1.82) is 0 Å². The van der Waals surface area contributed by atoms with Crippen LogP contribution in [0.15, 0.2) is 213 Å². The van der Waals surface area contributed by atoms with Gasteiger partial charge in [0.25, 0.3) is 0 Å². The third-order valence-corrected chi connectivity index (χ3v) is 15.6. The summed E-state index contributed by atoms with van der Waals surface area (Å²) in [5.74, 6) is 0. The smallest absolute Gasteiger partial charge is 0.0571 e. The van der Waals surface area contributed by atoms with Crippen LogP contribution in [-0.2, 0) is 5.41 Å². The van der Waals surface area contributed by atoms with Gasteiger partial charge in [-0.25, -0.2) is 0 Å². The predicted octanol–water partition coefficient (Wildman–Crippen LogP) is 17.0. The van der Waals surface area contributed by atoms with E-state index in [1.54, 1.807) is 0 Å². The minimum Gasteiger partial charge on any atom is -0.309 e. The van der Waals surface area contributed by atoms with E-state index in [1.165, 1.54) is 109 Å². The number of fused-ring (bicyclic) bond motifs is 13. The summed E-state index contributed by atoms with van der Waals surface area (Å²) in [6.07, 6.45) is 3.93. The minimum absolute atomic E-state index is 0.0848. The van der Waals surface area contributed by atoms with Gasteiger partial charge in [-0.3, -0.25) is 4.98 Å². The van der Waals surface area contributed by atoms with Crippen molar-refractivity contribution >= 4 is 75.1 Å². The molecule has 0 saturated carbocycles. The van der Waals surface area contributed by atoms with Gasteiger partial charge in [-0.15, -0.1) is 11.3 Å². The fourth-order valence-corrected chi connectivity index (χ4v) is 12.5. The first-order valence-corrected chi connectivity index (χ1v) is 23.6. The zero-order valence-electron chi connectivity index (χ0n) is 36.5. The van der Waals surface area contributed by atoms with E-state index in [0.29, 0.717) is 0 Å². The molecule has 3 nitrogen and oxygen atoms in total. The molecule has 4 aromatic heterocycles. The second kappa shape index (κ2) is 14.0. The third-order valence-electron chi connectivity index (χ3n) is 14.4. The molecule has 0 radical (unpaired) electrons.